The summed E-state index contributed by atoms with van der Waals surface area (Å²) in [5, 5.41) is 0. The third-order valence-electron chi connectivity index (χ3n) is 6.39. The van der Waals surface area contributed by atoms with Crippen LogP contribution < -0.4 is 4.74 Å². The standard InChI is InChI=1S/C25H32O3/c1-6-25(7-2,20-9-8-17(3)18(4)14-20)21-10-12-23(19(5)15-21)27-16-22-11-13-24(26)28-22/h8-10,12,14-15,22H,6-7,11,13,16H2,1-5H3/t22-/m0/s1. The van der Waals surface area contributed by atoms with Crippen molar-refractivity contribution in [2.24, 2.45) is 0 Å². The van der Waals surface area contributed by atoms with Gasteiger partial charge >= 0.3 is 5.97 Å². The van der Waals surface area contributed by atoms with E-state index in [1.807, 2.05) is 0 Å². The van der Waals surface area contributed by atoms with Crippen molar-refractivity contribution >= 4 is 5.97 Å². The highest BCUT2D eigenvalue weighted by Crippen LogP contribution is 2.40. The van der Waals surface area contributed by atoms with E-state index in [0.29, 0.717) is 13.0 Å². The number of cyclic esters (lactones) is 1. The van der Waals surface area contributed by atoms with Gasteiger partial charge in [-0.3, -0.25) is 4.79 Å². The summed E-state index contributed by atoms with van der Waals surface area (Å²) in [6.45, 7) is 11.4. The summed E-state index contributed by atoms with van der Waals surface area (Å²) >= 11 is 0. The molecule has 3 rings (SSSR count). The fourth-order valence-corrected chi connectivity index (χ4v) is 4.26. The molecule has 0 N–H and O–H groups in total. The summed E-state index contributed by atoms with van der Waals surface area (Å²) < 4.78 is 11.2. The van der Waals surface area contributed by atoms with Gasteiger partial charge in [0.2, 0.25) is 0 Å². The molecular weight excluding hydrogens is 348 g/mol. The van der Waals surface area contributed by atoms with Crippen LogP contribution in [0.4, 0.5) is 0 Å². The summed E-state index contributed by atoms with van der Waals surface area (Å²) in [4.78, 5) is 11.3. The van der Waals surface area contributed by atoms with Gasteiger partial charge in [0.05, 0.1) is 0 Å². The van der Waals surface area contributed by atoms with Crippen LogP contribution in [-0.4, -0.2) is 18.7 Å². The molecule has 0 bridgehead atoms. The topological polar surface area (TPSA) is 35.5 Å². The van der Waals surface area contributed by atoms with Crippen molar-refractivity contribution in [3.8, 4) is 5.75 Å². The molecule has 0 saturated carbocycles. The Morgan fingerprint density at radius 3 is 2.14 bits per heavy atom. The van der Waals surface area contributed by atoms with Gasteiger partial charge in [0.1, 0.15) is 18.5 Å². The van der Waals surface area contributed by atoms with Crippen molar-refractivity contribution in [2.75, 3.05) is 6.61 Å². The zero-order chi connectivity index (χ0) is 20.3. The lowest BCUT2D eigenvalue weighted by atomic mass is 9.70. The summed E-state index contributed by atoms with van der Waals surface area (Å²) in [6.07, 6.45) is 3.22. The maximum atomic E-state index is 11.3. The number of esters is 1. The first kappa shape index (κ1) is 20.4. The van der Waals surface area contributed by atoms with Crippen LogP contribution >= 0.6 is 0 Å². The van der Waals surface area contributed by atoms with E-state index in [1.165, 1.54) is 22.3 Å². The molecule has 1 saturated heterocycles. The molecule has 1 fully saturated rings. The van der Waals surface area contributed by atoms with Crippen LogP contribution in [0.5, 0.6) is 5.75 Å². The predicted octanol–water partition coefficient (Wildman–Crippen LogP) is 5.80. The smallest absolute Gasteiger partial charge is 0.306 e. The molecule has 0 unspecified atom stereocenters. The Labute approximate surface area is 169 Å². The van der Waals surface area contributed by atoms with Crippen LogP contribution in [0, 0.1) is 20.8 Å². The number of hydrogen-bond donors (Lipinski definition) is 0. The Bertz CT molecular complexity index is 849. The minimum Gasteiger partial charge on any atom is -0.489 e. The molecule has 150 valence electrons. The maximum absolute atomic E-state index is 11.3. The average Bonchev–Trinajstić information content (AvgIpc) is 3.10. The molecule has 3 nitrogen and oxygen atoms in total. The van der Waals surface area contributed by atoms with E-state index in [0.717, 1.165) is 30.6 Å². The second-order valence-corrected chi connectivity index (χ2v) is 8.03. The third-order valence-corrected chi connectivity index (χ3v) is 6.39. The number of carbonyl (C=O) groups excluding carboxylic acids is 1. The number of aryl methyl sites for hydroxylation is 3. The van der Waals surface area contributed by atoms with Crippen molar-refractivity contribution < 1.29 is 14.3 Å². The fourth-order valence-electron chi connectivity index (χ4n) is 4.26. The fraction of sp³-hybridized carbons (Fsp3) is 0.480. The second kappa shape index (κ2) is 8.38. The number of carbonyl (C=O) groups is 1. The van der Waals surface area contributed by atoms with Crippen molar-refractivity contribution in [3.05, 3.63) is 64.2 Å². The van der Waals surface area contributed by atoms with Crippen molar-refractivity contribution in [2.45, 2.75) is 71.8 Å². The van der Waals surface area contributed by atoms with Gasteiger partial charge in [0.25, 0.3) is 0 Å². The highest BCUT2D eigenvalue weighted by atomic mass is 16.6. The highest BCUT2D eigenvalue weighted by Gasteiger charge is 2.31. The van der Waals surface area contributed by atoms with Gasteiger partial charge in [-0.05, 0) is 73.9 Å². The SMILES string of the molecule is CCC(CC)(c1ccc(C)c(C)c1)c1ccc(OC[C@@H]2CCC(=O)O2)c(C)c1. The number of hydrogen-bond acceptors (Lipinski definition) is 3. The normalized spacial score (nSPS) is 16.9. The number of benzene rings is 2. The lowest BCUT2D eigenvalue weighted by Crippen LogP contribution is -2.26. The van der Waals surface area contributed by atoms with Gasteiger partial charge in [-0.15, -0.1) is 0 Å². The summed E-state index contributed by atoms with van der Waals surface area (Å²) in [7, 11) is 0. The third kappa shape index (κ3) is 3.94. The Balaban J connectivity index is 1.86. The van der Waals surface area contributed by atoms with Gasteiger partial charge in [0, 0.05) is 11.8 Å². The van der Waals surface area contributed by atoms with Crippen LogP contribution in [0.15, 0.2) is 36.4 Å². The minimum absolute atomic E-state index is 0.00271. The van der Waals surface area contributed by atoms with E-state index < -0.39 is 0 Å². The Morgan fingerprint density at radius 2 is 1.61 bits per heavy atom. The number of ether oxygens (including phenoxy) is 2. The van der Waals surface area contributed by atoms with Crippen LogP contribution in [0.25, 0.3) is 0 Å². The summed E-state index contributed by atoms with van der Waals surface area (Å²) in [5.74, 6) is 0.748. The molecular formula is C25H32O3. The van der Waals surface area contributed by atoms with Gasteiger partial charge in [0.15, 0.2) is 0 Å². The molecule has 1 heterocycles. The molecule has 2 aromatic rings. The van der Waals surface area contributed by atoms with Crippen LogP contribution in [-0.2, 0) is 14.9 Å². The van der Waals surface area contributed by atoms with E-state index in [9.17, 15) is 4.79 Å². The molecule has 2 aromatic carbocycles. The maximum Gasteiger partial charge on any atom is 0.306 e. The van der Waals surface area contributed by atoms with Crippen LogP contribution in [0.2, 0.25) is 0 Å². The lowest BCUT2D eigenvalue weighted by Gasteiger charge is -2.34. The van der Waals surface area contributed by atoms with Gasteiger partial charge in [-0.2, -0.15) is 0 Å². The Kier molecular flexibility index (Phi) is 6.12. The summed E-state index contributed by atoms with van der Waals surface area (Å²) in [6, 6.07) is 13.4. The Morgan fingerprint density at radius 1 is 0.964 bits per heavy atom. The summed E-state index contributed by atoms with van der Waals surface area (Å²) in [5.41, 5.74) is 6.51. The minimum atomic E-state index is -0.121. The molecule has 0 aliphatic carbocycles. The predicted molar refractivity (Wildman–Crippen MR) is 113 cm³/mol. The molecule has 1 atom stereocenters. The molecule has 1 aliphatic rings. The molecule has 0 aromatic heterocycles. The lowest BCUT2D eigenvalue weighted by molar-refractivity contribution is -0.142. The quantitative estimate of drug-likeness (QED) is 0.569. The van der Waals surface area contributed by atoms with E-state index >= 15 is 0 Å². The highest BCUT2D eigenvalue weighted by molar-refractivity contribution is 5.71. The number of rotatable bonds is 7. The van der Waals surface area contributed by atoms with Gasteiger partial charge < -0.3 is 9.47 Å². The largest absolute Gasteiger partial charge is 0.489 e. The first-order valence-electron chi connectivity index (χ1n) is 10.4. The molecule has 28 heavy (non-hydrogen) atoms. The molecule has 0 amide bonds. The van der Waals surface area contributed by atoms with Crippen LogP contribution in [0.3, 0.4) is 0 Å². The van der Waals surface area contributed by atoms with Crippen molar-refractivity contribution in [1.82, 2.24) is 0 Å². The Hall–Kier alpha value is -2.29. The monoisotopic (exact) mass is 380 g/mol. The van der Waals surface area contributed by atoms with Crippen LogP contribution in [0.1, 0.15) is 67.3 Å². The zero-order valence-corrected chi connectivity index (χ0v) is 17.8. The molecule has 3 heteroatoms. The van der Waals surface area contributed by atoms with E-state index in [4.69, 9.17) is 9.47 Å². The van der Waals surface area contributed by atoms with E-state index in [2.05, 4.69) is 71.0 Å². The molecule has 1 aliphatic heterocycles. The first-order valence-corrected chi connectivity index (χ1v) is 10.4. The molecule has 0 radical (unpaired) electrons. The molecule has 0 spiro atoms. The van der Waals surface area contributed by atoms with Gasteiger partial charge in [-0.25, -0.2) is 0 Å². The van der Waals surface area contributed by atoms with Gasteiger partial charge in [-0.1, -0.05) is 44.2 Å². The van der Waals surface area contributed by atoms with Crippen molar-refractivity contribution in [3.63, 3.8) is 0 Å². The first-order chi connectivity index (χ1) is 13.4. The van der Waals surface area contributed by atoms with Crippen molar-refractivity contribution in [1.29, 1.82) is 0 Å². The second-order valence-electron chi connectivity index (χ2n) is 8.03. The van der Waals surface area contributed by atoms with E-state index in [-0.39, 0.29) is 17.5 Å². The van der Waals surface area contributed by atoms with E-state index in [1.54, 1.807) is 0 Å². The zero-order valence-electron chi connectivity index (χ0n) is 17.8. The average molecular weight is 381 g/mol.